The van der Waals surface area contributed by atoms with Crippen LogP contribution in [0.1, 0.15) is 117 Å². The fourth-order valence-corrected chi connectivity index (χ4v) is 3.13. The molecule has 136 valence electrons. The van der Waals surface area contributed by atoms with Gasteiger partial charge in [-0.15, -0.1) is 0 Å². The normalized spacial score (nSPS) is 12.3. The number of Topliss-reactive ketones (excluding diaryl/α,β-unsaturated/α-hetero) is 1. The van der Waals surface area contributed by atoms with Crippen LogP contribution in [0.15, 0.2) is 0 Å². The van der Waals surface area contributed by atoms with Crippen molar-refractivity contribution in [2.75, 3.05) is 0 Å². The Balaban J connectivity index is 3.21. The smallest absolute Gasteiger partial charge is 0.142 e. The number of hydrogen-bond donors (Lipinski definition) is 0. The van der Waals surface area contributed by atoms with Crippen LogP contribution in [0.3, 0.4) is 0 Å². The molecule has 0 bridgehead atoms. The molecule has 0 aliphatic rings. The monoisotopic (exact) mass is 324 g/mol. The summed E-state index contributed by atoms with van der Waals surface area (Å²) in [5.74, 6) is -0.230. The summed E-state index contributed by atoms with van der Waals surface area (Å²) in [5.41, 5.74) is 0. The van der Waals surface area contributed by atoms with Gasteiger partial charge in [-0.1, -0.05) is 104 Å². The molecule has 0 rings (SSSR count). The Morgan fingerprint density at radius 2 is 1.09 bits per heavy atom. The third kappa shape index (κ3) is 14.7. The zero-order valence-electron chi connectivity index (χ0n) is 15.8. The van der Waals surface area contributed by atoms with Gasteiger partial charge in [0, 0.05) is 6.42 Å². The van der Waals surface area contributed by atoms with E-state index in [9.17, 15) is 9.59 Å². The zero-order chi connectivity index (χ0) is 17.2. The average molecular weight is 325 g/mol. The van der Waals surface area contributed by atoms with Gasteiger partial charge in [0.05, 0.1) is 5.92 Å². The lowest BCUT2D eigenvalue weighted by molar-refractivity contribution is -0.127. The molecular weight excluding hydrogens is 284 g/mol. The Morgan fingerprint density at radius 3 is 1.43 bits per heavy atom. The van der Waals surface area contributed by atoms with Gasteiger partial charge < -0.3 is 4.79 Å². The van der Waals surface area contributed by atoms with E-state index in [1.807, 2.05) is 6.92 Å². The highest BCUT2D eigenvalue weighted by atomic mass is 16.1. The second-order valence-electron chi connectivity index (χ2n) is 6.95. The Hall–Kier alpha value is -0.660. The molecule has 23 heavy (non-hydrogen) atoms. The lowest BCUT2D eigenvalue weighted by Crippen LogP contribution is -2.14. The number of rotatable bonds is 18. The second-order valence-corrected chi connectivity index (χ2v) is 6.95. The molecule has 0 aromatic carbocycles. The lowest BCUT2D eigenvalue weighted by atomic mass is 9.96. The van der Waals surface area contributed by atoms with Gasteiger partial charge in [-0.2, -0.15) is 0 Å². The third-order valence-electron chi connectivity index (χ3n) is 4.79. The van der Waals surface area contributed by atoms with E-state index in [1.54, 1.807) is 0 Å². The largest absolute Gasteiger partial charge is 0.303 e. The van der Waals surface area contributed by atoms with Gasteiger partial charge in [0.25, 0.3) is 0 Å². The van der Waals surface area contributed by atoms with Crippen molar-refractivity contribution in [1.82, 2.24) is 0 Å². The van der Waals surface area contributed by atoms with Crippen LogP contribution in [0, 0.1) is 5.92 Å². The van der Waals surface area contributed by atoms with Crippen LogP contribution in [0.25, 0.3) is 0 Å². The predicted octanol–water partition coefficient (Wildman–Crippen LogP) is 6.65. The Bertz CT molecular complexity index is 273. The van der Waals surface area contributed by atoms with E-state index in [1.165, 1.54) is 83.5 Å². The van der Waals surface area contributed by atoms with E-state index in [4.69, 9.17) is 0 Å². The first kappa shape index (κ1) is 22.3. The summed E-state index contributed by atoms with van der Waals surface area (Å²) in [7, 11) is 0. The van der Waals surface area contributed by atoms with Crippen molar-refractivity contribution in [2.45, 2.75) is 117 Å². The van der Waals surface area contributed by atoms with Crippen molar-refractivity contribution < 1.29 is 9.59 Å². The van der Waals surface area contributed by atoms with Gasteiger partial charge in [0.1, 0.15) is 12.1 Å². The lowest BCUT2D eigenvalue weighted by Gasteiger charge is -2.07. The summed E-state index contributed by atoms with van der Waals surface area (Å²) in [6.07, 6.45) is 20.8. The van der Waals surface area contributed by atoms with Gasteiger partial charge >= 0.3 is 0 Å². The van der Waals surface area contributed by atoms with E-state index in [-0.39, 0.29) is 11.7 Å². The molecule has 0 aliphatic carbocycles. The first-order valence-corrected chi connectivity index (χ1v) is 10.2. The second kappa shape index (κ2) is 17.7. The van der Waals surface area contributed by atoms with Crippen LogP contribution >= 0.6 is 0 Å². The predicted molar refractivity (Wildman–Crippen MR) is 99.8 cm³/mol. The third-order valence-corrected chi connectivity index (χ3v) is 4.79. The number of hydrogen-bond acceptors (Lipinski definition) is 2. The molecule has 0 N–H and O–H groups in total. The molecule has 1 unspecified atom stereocenters. The maximum absolute atomic E-state index is 11.5. The number of unbranched alkanes of at least 4 members (excludes halogenated alkanes) is 13. The molecule has 0 saturated carbocycles. The first-order valence-electron chi connectivity index (χ1n) is 10.2. The number of carbonyl (C=O) groups is 2. The van der Waals surface area contributed by atoms with E-state index in [0.29, 0.717) is 6.42 Å². The number of ketones is 1. The maximum atomic E-state index is 11.5. The Labute approximate surface area is 144 Å². The van der Waals surface area contributed by atoms with E-state index < -0.39 is 0 Å². The van der Waals surface area contributed by atoms with Gasteiger partial charge in [-0.05, 0) is 6.42 Å². The highest BCUT2D eigenvalue weighted by Crippen LogP contribution is 2.15. The molecule has 0 radical (unpaired) electrons. The minimum atomic E-state index is -0.336. The summed E-state index contributed by atoms with van der Waals surface area (Å²) >= 11 is 0. The molecule has 0 aromatic heterocycles. The SMILES string of the molecule is CCCCCCCCCCCCCCCCC(C=O)C(=O)CC. The van der Waals surface area contributed by atoms with Crippen LogP contribution in [0.4, 0.5) is 0 Å². The van der Waals surface area contributed by atoms with Crippen molar-refractivity contribution in [3.8, 4) is 0 Å². The van der Waals surface area contributed by atoms with Crippen molar-refractivity contribution in [3.05, 3.63) is 0 Å². The fraction of sp³-hybridized carbons (Fsp3) is 0.905. The summed E-state index contributed by atoms with van der Waals surface area (Å²) < 4.78 is 0. The highest BCUT2D eigenvalue weighted by molar-refractivity contribution is 5.92. The minimum Gasteiger partial charge on any atom is -0.303 e. The van der Waals surface area contributed by atoms with E-state index in [0.717, 1.165) is 19.1 Å². The van der Waals surface area contributed by atoms with Gasteiger partial charge in [-0.25, -0.2) is 0 Å². The van der Waals surface area contributed by atoms with Crippen LogP contribution in [0.5, 0.6) is 0 Å². The van der Waals surface area contributed by atoms with Crippen molar-refractivity contribution in [2.24, 2.45) is 5.92 Å². The van der Waals surface area contributed by atoms with Crippen molar-refractivity contribution >= 4 is 12.1 Å². The molecular formula is C21H40O2. The molecule has 2 heteroatoms. The first-order chi connectivity index (χ1) is 11.3. The summed E-state index contributed by atoms with van der Waals surface area (Å²) in [6.45, 7) is 4.11. The molecule has 1 atom stereocenters. The summed E-state index contributed by atoms with van der Waals surface area (Å²) in [6, 6.07) is 0. The van der Waals surface area contributed by atoms with Gasteiger partial charge in [0.15, 0.2) is 0 Å². The molecule has 0 amide bonds. The average Bonchev–Trinajstić information content (AvgIpc) is 2.58. The molecule has 0 aromatic rings. The van der Waals surface area contributed by atoms with Crippen molar-refractivity contribution in [1.29, 1.82) is 0 Å². The van der Waals surface area contributed by atoms with Gasteiger partial charge in [-0.3, -0.25) is 4.79 Å². The minimum absolute atomic E-state index is 0.106. The maximum Gasteiger partial charge on any atom is 0.142 e. The van der Waals surface area contributed by atoms with Crippen molar-refractivity contribution in [3.63, 3.8) is 0 Å². The van der Waals surface area contributed by atoms with Gasteiger partial charge in [0.2, 0.25) is 0 Å². The topological polar surface area (TPSA) is 34.1 Å². The molecule has 0 heterocycles. The molecule has 0 spiro atoms. The van der Waals surface area contributed by atoms with Crippen LogP contribution < -0.4 is 0 Å². The molecule has 0 saturated heterocycles. The highest BCUT2D eigenvalue weighted by Gasteiger charge is 2.14. The van der Waals surface area contributed by atoms with Crippen LogP contribution in [-0.2, 0) is 9.59 Å². The number of carbonyl (C=O) groups excluding carboxylic acids is 2. The molecule has 2 nitrogen and oxygen atoms in total. The summed E-state index contributed by atoms with van der Waals surface area (Å²) in [5, 5.41) is 0. The molecule has 0 aliphatic heterocycles. The zero-order valence-corrected chi connectivity index (χ0v) is 15.8. The quantitative estimate of drug-likeness (QED) is 0.161. The van der Waals surface area contributed by atoms with Crippen LogP contribution in [-0.4, -0.2) is 12.1 Å². The number of aldehydes is 1. The molecule has 0 fully saturated rings. The fourth-order valence-electron chi connectivity index (χ4n) is 3.13. The Kier molecular flexibility index (Phi) is 17.2. The van der Waals surface area contributed by atoms with Crippen LogP contribution in [0.2, 0.25) is 0 Å². The Morgan fingerprint density at radius 1 is 0.696 bits per heavy atom. The van der Waals surface area contributed by atoms with E-state index >= 15 is 0 Å². The summed E-state index contributed by atoms with van der Waals surface area (Å²) in [4.78, 5) is 22.3. The van der Waals surface area contributed by atoms with E-state index in [2.05, 4.69) is 6.92 Å². The standard InChI is InChI=1S/C21H40O2/c1-3-5-6-7-8-9-10-11-12-13-14-15-16-17-18-20(19-22)21(23)4-2/h19-20H,3-18H2,1-2H3.